The standard InChI is InChI=1S/C25H24BrFN8O2/c1-25(23(37)34-8-7-28-19(36)13-34)5-4-15(11-25)31-24-30-12-17-21(26)33-35(22(17)32-24)16-9-14-3-2-6-29-20(14)18(27)10-16/h2-3,6,9-10,12,15H,4-5,7-8,11,13H2,1H3,(H,28,36)(H,30,31,32)/t15-,25-/m1/s1. The van der Waals surface area contributed by atoms with Gasteiger partial charge in [-0.2, -0.15) is 10.1 Å². The monoisotopic (exact) mass is 566 g/mol. The molecular formula is C25H24BrFN8O2. The molecule has 2 fully saturated rings. The molecule has 1 saturated heterocycles. The highest BCUT2D eigenvalue weighted by Gasteiger charge is 2.44. The van der Waals surface area contributed by atoms with Crippen LogP contribution in [0.4, 0.5) is 10.3 Å². The van der Waals surface area contributed by atoms with Crippen LogP contribution in [0.15, 0.2) is 41.3 Å². The fourth-order valence-corrected chi connectivity index (χ4v) is 5.75. The van der Waals surface area contributed by atoms with Crippen molar-refractivity contribution < 1.29 is 14.0 Å². The van der Waals surface area contributed by atoms with Gasteiger partial charge in [-0.1, -0.05) is 13.0 Å². The van der Waals surface area contributed by atoms with Gasteiger partial charge in [0.1, 0.15) is 10.1 Å². The van der Waals surface area contributed by atoms with Crippen molar-refractivity contribution in [1.29, 1.82) is 0 Å². The Hall–Kier alpha value is -3.67. The minimum atomic E-state index is -0.555. The van der Waals surface area contributed by atoms with E-state index in [1.807, 2.05) is 13.0 Å². The van der Waals surface area contributed by atoms with Crippen molar-refractivity contribution in [3.63, 3.8) is 0 Å². The molecule has 1 aliphatic carbocycles. The number of hydrogen-bond acceptors (Lipinski definition) is 7. The highest BCUT2D eigenvalue weighted by atomic mass is 79.9. The number of piperazine rings is 1. The molecule has 0 unspecified atom stereocenters. The second-order valence-corrected chi connectivity index (χ2v) is 10.6. The Morgan fingerprint density at radius 2 is 2.19 bits per heavy atom. The van der Waals surface area contributed by atoms with E-state index in [0.29, 0.717) is 64.1 Å². The number of anilines is 1. The van der Waals surface area contributed by atoms with E-state index >= 15 is 0 Å². The summed E-state index contributed by atoms with van der Waals surface area (Å²) < 4.78 is 16.9. The van der Waals surface area contributed by atoms with E-state index in [-0.39, 0.29) is 24.4 Å². The second-order valence-electron chi connectivity index (χ2n) is 9.86. The quantitative estimate of drug-likeness (QED) is 0.389. The molecule has 2 amide bonds. The second kappa shape index (κ2) is 9.02. The molecule has 2 N–H and O–H groups in total. The highest BCUT2D eigenvalue weighted by Crippen LogP contribution is 2.40. The van der Waals surface area contributed by atoms with Crippen LogP contribution in [0.5, 0.6) is 0 Å². The lowest BCUT2D eigenvalue weighted by Crippen LogP contribution is -2.53. The van der Waals surface area contributed by atoms with Crippen LogP contribution in [0.3, 0.4) is 0 Å². The van der Waals surface area contributed by atoms with Gasteiger partial charge in [-0.3, -0.25) is 14.6 Å². The Bertz CT molecular complexity index is 1560. The predicted molar refractivity (Wildman–Crippen MR) is 139 cm³/mol. The average molecular weight is 567 g/mol. The summed E-state index contributed by atoms with van der Waals surface area (Å²) in [6.07, 6.45) is 5.31. The Kier molecular flexibility index (Phi) is 5.78. The summed E-state index contributed by atoms with van der Waals surface area (Å²) in [5.74, 6) is -0.148. The smallest absolute Gasteiger partial charge is 0.239 e. The van der Waals surface area contributed by atoms with Gasteiger partial charge in [0, 0.05) is 48.4 Å². The predicted octanol–water partition coefficient (Wildman–Crippen LogP) is 3.19. The topological polar surface area (TPSA) is 118 Å². The largest absolute Gasteiger partial charge is 0.353 e. The molecule has 4 aromatic rings. The minimum absolute atomic E-state index is 0.00554. The SMILES string of the molecule is C[C@@]1(C(=O)N2CCNC(=O)C2)CC[C@@H](Nc2ncc3c(Br)nn(-c4cc(F)c5ncccc5c4)c3n2)C1. The lowest BCUT2D eigenvalue weighted by Gasteiger charge is -2.34. The summed E-state index contributed by atoms with van der Waals surface area (Å²) in [7, 11) is 0. The van der Waals surface area contributed by atoms with Crippen LogP contribution >= 0.6 is 15.9 Å². The van der Waals surface area contributed by atoms with Crippen molar-refractivity contribution in [2.75, 3.05) is 25.0 Å². The van der Waals surface area contributed by atoms with Crippen LogP contribution in [-0.4, -0.2) is 67.1 Å². The van der Waals surface area contributed by atoms with Gasteiger partial charge in [0.15, 0.2) is 11.5 Å². The van der Waals surface area contributed by atoms with E-state index in [2.05, 4.69) is 41.6 Å². The zero-order chi connectivity index (χ0) is 25.7. The Labute approximate surface area is 219 Å². The Morgan fingerprint density at radius 1 is 1.32 bits per heavy atom. The van der Waals surface area contributed by atoms with E-state index in [0.717, 1.165) is 6.42 Å². The van der Waals surface area contributed by atoms with Crippen molar-refractivity contribution in [3.05, 3.63) is 47.1 Å². The van der Waals surface area contributed by atoms with Crippen molar-refractivity contribution in [3.8, 4) is 5.69 Å². The molecule has 0 radical (unpaired) electrons. The number of aromatic nitrogens is 5. The van der Waals surface area contributed by atoms with Crippen LogP contribution in [0.1, 0.15) is 26.2 Å². The van der Waals surface area contributed by atoms with E-state index in [1.54, 1.807) is 34.1 Å². The number of amides is 2. The minimum Gasteiger partial charge on any atom is -0.353 e. The van der Waals surface area contributed by atoms with E-state index in [1.165, 1.54) is 6.07 Å². The molecule has 3 aromatic heterocycles. The van der Waals surface area contributed by atoms with Crippen molar-refractivity contribution in [2.24, 2.45) is 5.41 Å². The van der Waals surface area contributed by atoms with Crippen molar-refractivity contribution >= 4 is 55.6 Å². The third-order valence-electron chi connectivity index (χ3n) is 7.18. The molecule has 12 heteroatoms. The molecule has 10 nitrogen and oxygen atoms in total. The summed E-state index contributed by atoms with van der Waals surface area (Å²) in [4.78, 5) is 39.9. The van der Waals surface area contributed by atoms with E-state index in [4.69, 9.17) is 4.98 Å². The summed E-state index contributed by atoms with van der Waals surface area (Å²) in [6, 6.07) is 6.75. The van der Waals surface area contributed by atoms with Gasteiger partial charge in [-0.05, 0) is 47.3 Å². The summed E-state index contributed by atoms with van der Waals surface area (Å²) in [5.41, 5.74) is 0.773. The number of carbonyl (C=O) groups is 2. The van der Waals surface area contributed by atoms with Crippen LogP contribution in [0.25, 0.3) is 27.6 Å². The van der Waals surface area contributed by atoms with Crippen molar-refractivity contribution in [2.45, 2.75) is 32.2 Å². The number of halogens is 2. The molecule has 4 heterocycles. The fraction of sp³-hybridized carbons (Fsp3) is 0.360. The third kappa shape index (κ3) is 4.28. The lowest BCUT2D eigenvalue weighted by atomic mass is 9.86. The number of pyridine rings is 1. The molecule has 0 spiro atoms. The lowest BCUT2D eigenvalue weighted by molar-refractivity contribution is -0.145. The number of rotatable bonds is 4. The summed E-state index contributed by atoms with van der Waals surface area (Å²) in [5, 5.41) is 12.0. The molecule has 6 rings (SSSR count). The van der Waals surface area contributed by atoms with Gasteiger partial charge in [0.2, 0.25) is 17.8 Å². The van der Waals surface area contributed by atoms with Crippen LogP contribution in [0.2, 0.25) is 0 Å². The zero-order valence-corrected chi connectivity index (χ0v) is 21.6. The molecule has 190 valence electrons. The maximum absolute atomic E-state index is 14.8. The van der Waals surface area contributed by atoms with Gasteiger partial charge < -0.3 is 15.5 Å². The van der Waals surface area contributed by atoms with Gasteiger partial charge in [-0.15, -0.1) is 0 Å². The van der Waals surface area contributed by atoms with Gasteiger partial charge in [-0.25, -0.2) is 14.1 Å². The molecule has 1 aliphatic heterocycles. The molecule has 1 aromatic carbocycles. The molecule has 1 saturated carbocycles. The van der Waals surface area contributed by atoms with Gasteiger partial charge >= 0.3 is 0 Å². The average Bonchev–Trinajstić information content (AvgIpc) is 3.43. The Morgan fingerprint density at radius 3 is 3.03 bits per heavy atom. The number of hydrogen-bond donors (Lipinski definition) is 2. The first-order valence-electron chi connectivity index (χ1n) is 12.1. The highest BCUT2D eigenvalue weighted by molar-refractivity contribution is 9.10. The van der Waals surface area contributed by atoms with Gasteiger partial charge in [0.25, 0.3) is 0 Å². The summed E-state index contributed by atoms with van der Waals surface area (Å²) in [6.45, 7) is 3.08. The summed E-state index contributed by atoms with van der Waals surface area (Å²) >= 11 is 3.46. The molecular weight excluding hydrogens is 543 g/mol. The maximum Gasteiger partial charge on any atom is 0.239 e. The third-order valence-corrected chi connectivity index (χ3v) is 7.77. The van der Waals surface area contributed by atoms with Crippen LogP contribution in [-0.2, 0) is 9.59 Å². The van der Waals surface area contributed by atoms with Gasteiger partial charge in [0.05, 0.1) is 17.6 Å². The van der Waals surface area contributed by atoms with Crippen molar-refractivity contribution in [1.82, 2.24) is 34.9 Å². The molecule has 0 bridgehead atoms. The fourth-order valence-electron chi connectivity index (χ4n) is 5.31. The molecule has 2 atom stereocenters. The molecule has 2 aliphatic rings. The first-order valence-corrected chi connectivity index (χ1v) is 12.9. The Balaban J connectivity index is 1.26. The molecule has 37 heavy (non-hydrogen) atoms. The normalized spacial score (nSPS) is 22.0. The van der Waals surface area contributed by atoms with E-state index < -0.39 is 11.2 Å². The number of nitrogens with zero attached hydrogens (tertiary/aromatic N) is 6. The maximum atomic E-state index is 14.8. The number of nitrogens with one attached hydrogen (secondary N) is 2. The first kappa shape index (κ1) is 23.7. The number of benzene rings is 1. The zero-order valence-electron chi connectivity index (χ0n) is 20.0. The van der Waals surface area contributed by atoms with E-state index in [9.17, 15) is 14.0 Å². The van der Waals surface area contributed by atoms with Crippen LogP contribution in [0, 0.1) is 11.2 Å². The first-order chi connectivity index (χ1) is 17.8. The number of fused-ring (bicyclic) bond motifs is 2. The van der Waals surface area contributed by atoms with Crippen LogP contribution < -0.4 is 10.6 Å². The number of carbonyl (C=O) groups excluding carboxylic acids is 2.